The van der Waals surface area contributed by atoms with E-state index < -0.39 is 17.7 Å². The molecule has 5 aromatic rings. The summed E-state index contributed by atoms with van der Waals surface area (Å²) in [6.07, 6.45) is 0. The first kappa shape index (κ1) is 30.9. The molecule has 7 nitrogen and oxygen atoms in total. The lowest BCUT2D eigenvalue weighted by molar-refractivity contribution is -0.132. The van der Waals surface area contributed by atoms with E-state index in [1.165, 1.54) is 28.0 Å². The van der Waals surface area contributed by atoms with E-state index in [4.69, 9.17) is 27.9 Å². The van der Waals surface area contributed by atoms with Gasteiger partial charge in [0.2, 0.25) is 5.13 Å². The highest BCUT2D eigenvalue weighted by Gasteiger charge is 2.48. The summed E-state index contributed by atoms with van der Waals surface area (Å²) in [5.41, 5.74) is 3.94. The van der Waals surface area contributed by atoms with E-state index in [2.05, 4.69) is 10.2 Å². The number of aromatic nitrogens is 2. The number of ketones is 1. The first-order chi connectivity index (χ1) is 21.8. The zero-order valence-corrected chi connectivity index (χ0v) is 27.0. The molecule has 45 heavy (non-hydrogen) atoms. The smallest absolute Gasteiger partial charge is 0.301 e. The molecule has 1 unspecified atom stereocenters. The molecule has 1 aromatic heterocycles. The van der Waals surface area contributed by atoms with Gasteiger partial charge in [0.05, 0.1) is 11.6 Å². The molecular weight excluding hydrogens is 649 g/mol. The number of nitrogens with zero attached hydrogens (tertiary/aromatic N) is 3. The number of anilines is 1. The second-order valence-corrected chi connectivity index (χ2v) is 13.3. The van der Waals surface area contributed by atoms with Crippen LogP contribution in [-0.4, -0.2) is 27.0 Å². The standard InChI is InChI=1S/C34H25Cl2N3O4S2/c1-20-6-4-7-21(16-20)18-43-26-14-12-22(13-15-26)30(40)28-29(23-9-5-10-25(35)17-23)39(32(42)31(28)41)33-37-38-34(45-33)44-19-24-8-2-3-11-27(24)36/h2-17,29,40H,18-19H2,1H3/b30-28+. The maximum Gasteiger partial charge on any atom is 0.301 e. The monoisotopic (exact) mass is 673 g/mol. The Bertz CT molecular complexity index is 1930. The fourth-order valence-corrected chi connectivity index (χ4v) is 7.32. The topological polar surface area (TPSA) is 92.6 Å². The van der Waals surface area contributed by atoms with E-state index in [0.717, 1.165) is 16.7 Å². The molecule has 1 fully saturated rings. The molecule has 2 heterocycles. The van der Waals surface area contributed by atoms with Gasteiger partial charge in [-0.15, -0.1) is 10.2 Å². The van der Waals surface area contributed by atoms with Gasteiger partial charge in [-0.25, -0.2) is 0 Å². The largest absolute Gasteiger partial charge is 0.507 e. The first-order valence-corrected chi connectivity index (χ1v) is 16.4. The molecule has 0 saturated carbocycles. The van der Waals surface area contributed by atoms with Gasteiger partial charge < -0.3 is 9.84 Å². The number of rotatable bonds is 9. The molecule has 1 amide bonds. The van der Waals surface area contributed by atoms with Gasteiger partial charge in [0.25, 0.3) is 5.78 Å². The molecule has 0 bridgehead atoms. The lowest BCUT2D eigenvalue weighted by Gasteiger charge is -2.22. The van der Waals surface area contributed by atoms with Gasteiger partial charge in [0, 0.05) is 21.4 Å². The highest BCUT2D eigenvalue weighted by atomic mass is 35.5. The molecule has 0 aliphatic carbocycles. The summed E-state index contributed by atoms with van der Waals surface area (Å²) in [7, 11) is 0. The van der Waals surface area contributed by atoms with E-state index in [-0.39, 0.29) is 16.5 Å². The number of carbonyl (C=O) groups is 2. The van der Waals surface area contributed by atoms with Crippen LogP contribution in [0.3, 0.4) is 0 Å². The Morgan fingerprint density at radius 2 is 1.73 bits per heavy atom. The average Bonchev–Trinajstić information content (AvgIpc) is 3.61. The molecule has 0 spiro atoms. The average molecular weight is 675 g/mol. The summed E-state index contributed by atoms with van der Waals surface area (Å²) in [5, 5.41) is 21.3. The molecule has 1 aliphatic heterocycles. The van der Waals surface area contributed by atoms with Gasteiger partial charge >= 0.3 is 5.91 Å². The number of hydrogen-bond acceptors (Lipinski definition) is 8. The van der Waals surface area contributed by atoms with Gasteiger partial charge in [-0.1, -0.05) is 106 Å². The second kappa shape index (κ2) is 13.5. The highest BCUT2D eigenvalue weighted by molar-refractivity contribution is 8.00. The van der Waals surface area contributed by atoms with Crippen LogP contribution >= 0.6 is 46.3 Å². The van der Waals surface area contributed by atoms with Crippen molar-refractivity contribution < 1.29 is 19.4 Å². The Hall–Kier alpha value is -4.15. The van der Waals surface area contributed by atoms with Crippen LogP contribution < -0.4 is 9.64 Å². The minimum absolute atomic E-state index is 0.0730. The van der Waals surface area contributed by atoms with Crippen molar-refractivity contribution in [3.8, 4) is 5.75 Å². The number of carbonyl (C=O) groups excluding carboxylic acids is 2. The van der Waals surface area contributed by atoms with Crippen LogP contribution in [0, 0.1) is 6.92 Å². The van der Waals surface area contributed by atoms with E-state index >= 15 is 0 Å². The number of aliphatic hydroxyl groups is 1. The Balaban J connectivity index is 1.30. The van der Waals surface area contributed by atoms with E-state index in [1.54, 1.807) is 48.5 Å². The fourth-order valence-electron chi connectivity index (χ4n) is 4.97. The van der Waals surface area contributed by atoms with E-state index in [1.807, 2.05) is 55.5 Å². The summed E-state index contributed by atoms with van der Waals surface area (Å²) >= 11 is 15.2. The number of thioether (sulfide) groups is 1. The number of halogens is 2. The van der Waals surface area contributed by atoms with Crippen LogP contribution in [0.1, 0.15) is 33.9 Å². The zero-order valence-electron chi connectivity index (χ0n) is 23.8. The molecule has 1 aliphatic rings. The van der Waals surface area contributed by atoms with Gasteiger partial charge in [0.1, 0.15) is 18.1 Å². The number of ether oxygens (including phenoxy) is 1. The van der Waals surface area contributed by atoms with Crippen LogP contribution in [0.5, 0.6) is 5.75 Å². The summed E-state index contributed by atoms with van der Waals surface area (Å²) in [5.74, 6) is -0.828. The molecule has 1 atom stereocenters. The third-order valence-electron chi connectivity index (χ3n) is 7.14. The third-order valence-corrected chi connectivity index (χ3v) is 9.84. The van der Waals surface area contributed by atoms with Gasteiger partial charge in [-0.2, -0.15) is 0 Å². The van der Waals surface area contributed by atoms with Crippen LogP contribution in [0.4, 0.5) is 5.13 Å². The number of aryl methyl sites for hydroxylation is 1. The third kappa shape index (κ3) is 6.77. The zero-order chi connectivity index (χ0) is 31.5. The Kier molecular flexibility index (Phi) is 9.23. The van der Waals surface area contributed by atoms with Gasteiger partial charge in [-0.3, -0.25) is 14.5 Å². The SMILES string of the molecule is Cc1cccc(COc2ccc(/C(O)=C3\C(=O)C(=O)N(c4nnc(SCc5ccccc5Cl)s4)C3c3cccc(Cl)c3)cc2)c1. The van der Waals surface area contributed by atoms with Crippen molar-refractivity contribution >= 4 is 68.9 Å². The van der Waals surface area contributed by atoms with Crippen LogP contribution in [0.25, 0.3) is 5.76 Å². The summed E-state index contributed by atoms with van der Waals surface area (Å²) in [6, 6.07) is 28.1. The van der Waals surface area contributed by atoms with Crippen molar-refractivity contribution in [1.29, 1.82) is 0 Å². The van der Waals surface area contributed by atoms with E-state index in [0.29, 0.717) is 43.6 Å². The quantitative estimate of drug-likeness (QED) is 0.0550. The van der Waals surface area contributed by atoms with Gasteiger partial charge in [-0.05, 0) is 66.1 Å². The Morgan fingerprint density at radius 3 is 2.49 bits per heavy atom. The van der Waals surface area contributed by atoms with E-state index in [9.17, 15) is 14.7 Å². The van der Waals surface area contributed by atoms with Gasteiger partial charge in [0.15, 0.2) is 4.34 Å². The number of hydrogen-bond donors (Lipinski definition) is 1. The Labute approximate surface area is 278 Å². The molecule has 226 valence electrons. The normalized spacial score (nSPS) is 15.9. The lowest BCUT2D eigenvalue weighted by atomic mass is 9.95. The highest BCUT2D eigenvalue weighted by Crippen LogP contribution is 2.44. The predicted octanol–water partition coefficient (Wildman–Crippen LogP) is 8.65. The number of benzene rings is 4. The van der Waals surface area contributed by atoms with Crippen molar-refractivity contribution in [3.63, 3.8) is 0 Å². The van der Waals surface area contributed by atoms with Crippen molar-refractivity contribution in [3.05, 3.63) is 140 Å². The molecule has 6 rings (SSSR count). The predicted molar refractivity (Wildman–Crippen MR) is 179 cm³/mol. The molecule has 4 aromatic carbocycles. The maximum atomic E-state index is 13.6. The van der Waals surface area contributed by atoms with Crippen LogP contribution in [-0.2, 0) is 21.9 Å². The minimum Gasteiger partial charge on any atom is -0.507 e. The molecule has 0 radical (unpaired) electrons. The molecular formula is C34H25Cl2N3O4S2. The van der Waals surface area contributed by atoms with Crippen LogP contribution in [0.2, 0.25) is 10.0 Å². The number of Topliss-reactive ketones (excluding diaryl/α,β-unsaturated/α-hetero) is 1. The second-order valence-electron chi connectivity index (χ2n) is 10.3. The van der Waals surface area contributed by atoms with Crippen molar-refractivity contribution in [2.75, 3.05) is 4.90 Å². The number of aliphatic hydroxyl groups excluding tert-OH is 1. The summed E-state index contributed by atoms with van der Waals surface area (Å²) < 4.78 is 6.51. The number of amides is 1. The summed E-state index contributed by atoms with van der Waals surface area (Å²) in [6.45, 7) is 2.40. The Morgan fingerprint density at radius 1 is 0.956 bits per heavy atom. The van der Waals surface area contributed by atoms with Crippen molar-refractivity contribution in [2.24, 2.45) is 0 Å². The van der Waals surface area contributed by atoms with Crippen LogP contribution in [0.15, 0.2) is 107 Å². The maximum absolute atomic E-state index is 13.6. The van der Waals surface area contributed by atoms with Crippen molar-refractivity contribution in [2.45, 2.75) is 29.7 Å². The van der Waals surface area contributed by atoms with Crippen molar-refractivity contribution in [1.82, 2.24) is 10.2 Å². The summed E-state index contributed by atoms with van der Waals surface area (Å²) in [4.78, 5) is 28.4. The molecule has 11 heteroatoms. The lowest BCUT2D eigenvalue weighted by Crippen LogP contribution is -2.29. The minimum atomic E-state index is -0.977. The fraction of sp³-hybridized carbons (Fsp3) is 0.118. The first-order valence-electron chi connectivity index (χ1n) is 13.8. The molecule has 1 saturated heterocycles. The molecule has 1 N–H and O–H groups in total.